The minimum absolute atomic E-state index is 0.0960. The zero-order valence-corrected chi connectivity index (χ0v) is 17.6. The molecule has 1 aromatic heterocycles. The predicted molar refractivity (Wildman–Crippen MR) is 110 cm³/mol. The van der Waals surface area contributed by atoms with E-state index in [0.29, 0.717) is 23.4 Å². The van der Waals surface area contributed by atoms with Gasteiger partial charge in [-0.3, -0.25) is 14.7 Å². The quantitative estimate of drug-likeness (QED) is 0.518. The van der Waals surface area contributed by atoms with Crippen LogP contribution in [0.3, 0.4) is 0 Å². The van der Waals surface area contributed by atoms with Crippen molar-refractivity contribution in [1.82, 2.24) is 9.88 Å². The fourth-order valence-electron chi connectivity index (χ4n) is 3.73. The van der Waals surface area contributed by atoms with Gasteiger partial charge in [0.25, 0.3) is 0 Å². The highest BCUT2D eigenvalue weighted by molar-refractivity contribution is 6.31. The van der Waals surface area contributed by atoms with Gasteiger partial charge in [-0.15, -0.1) is 0 Å². The Balaban J connectivity index is 1.79. The highest BCUT2D eigenvalue weighted by Gasteiger charge is 2.48. The van der Waals surface area contributed by atoms with Crippen molar-refractivity contribution < 1.29 is 23.9 Å². The van der Waals surface area contributed by atoms with Crippen LogP contribution >= 0.6 is 11.6 Å². The molecule has 0 spiro atoms. The Kier molecular flexibility index (Phi) is 6.72. The lowest BCUT2D eigenvalue weighted by atomic mass is 9.74. The van der Waals surface area contributed by atoms with Crippen molar-refractivity contribution in [1.29, 1.82) is 0 Å². The van der Waals surface area contributed by atoms with Crippen LogP contribution in [-0.2, 0) is 19.8 Å². The second-order valence-electron chi connectivity index (χ2n) is 7.13. The SMILES string of the molecule is CC(OC(=O)c1cccnc1)OC(=O)N(C)[C@]1(c2ccccc2Cl)CCCCC1=O. The lowest BCUT2D eigenvalue weighted by Gasteiger charge is -2.43. The van der Waals surface area contributed by atoms with Gasteiger partial charge in [0.05, 0.1) is 5.56 Å². The number of pyridine rings is 1. The molecule has 3 rings (SSSR count). The smallest absolute Gasteiger partial charge is 0.413 e. The normalized spacial score (nSPS) is 19.6. The number of aromatic nitrogens is 1. The van der Waals surface area contributed by atoms with Crippen LogP contribution in [0.5, 0.6) is 0 Å². The number of likely N-dealkylation sites (N-methyl/N-ethyl adjacent to an activating group) is 1. The number of ether oxygens (including phenoxy) is 2. The van der Waals surface area contributed by atoms with E-state index < -0.39 is 23.9 Å². The third-order valence-corrected chi connectivity index (χ3v) is 5.59. The van der Waals surface area contributed by atoms with E-state index in [2.05, 4.69) is 4.98 Å². The molecule has 1 fully saturated rings. The van der Waals surface area contributed by atoms with E-state index in [0.717, 1.165) is 12.8 Å². The Bertz CT molecular complexity index is 936. The van der Waals surface area contributed by atoms with Gasteiger partial charge in [-0.05, 0) is 37.5 Å². The van der Waals surface area contributed by atoms with Gasteiger partial charge >= 0.3 is 12.1 Å². The van der Waals surface area contributed by atoms with Crippen molar-refractivity contribution in [3.8, 4) is 0 Å². The van der Waals surface area contributed by atoms with Crippen molar-refractivity contribution in [3.63, 3.8) is 0 Å². The Labute approximate surface area is 179 Å². The summed E-state index contributed by atoms with van der Waals surface area (Å²) in [6.45, 7) is 1.44. The van der Waals surface area contributed by atoms with Gasteiger partial charge in [-0.1, -0.05) is 29.8 Å². The first-order valence-electron chi connectivity index (χ1n) is 9.70. The van der Waals surface area contributed by atoms with Gasteiger partial charge in [-0.2, -0.15) is 0 Å². The van der Waals surface area contributed by atoms with E-state index in [-0.39, 0.29) is 11.3 Å². The highest BCUT2D eigenvalue weighted by Crippen LogP contribution is 2.42. The second kappa shape index (κ2) is 9.26. The van der Waals surface area contributed by atoms with Crippen LogP contribution in [0.1, 0.15) is 48.5 Å². The number of benzene rings is 1. The minimum Gasteiger partial charge on any atom is -0.422 e. The van der Waals surface area contributed by atoms with E-state index in [9.17, 15) is 14.4 Å². The number of halogens is 1. The summed E-state index contributed by atoms with van der Waals surface area (Å²) in [6, 6.07) is 10.1. The van der Waals surface area contributed by atoms with Gasteiger partial charge in [0.2, 0.25) is 6.29 Å². The summed E-state index contributed by atoms with van der Waals surface area (Å²) < 4.78 is 10.5. The second-order valence-corrected chi connectivity index (χ2v) is 7.54. The molecule has 1 aliphatic rings. The molecule has 2 aromatic rings. The monoisotopic (exact) mass is 430 g/mol. The molecule has 8 heteroatoms. The highest BCUT2D eigenvalue weighted by atomic mass is 35.5. The molecule has 158 valence electrons. The summed E-state index contributed by atoms with van der Waals surface area (Å²) in [5, 5.41) is 0.406. The van der Waals surface area contributed by atoms with E-state index in [1.165, 1.54) is 31.3 Å². The standard InChI is InChI=1S/C22H23ClN2O5/c1-15(29-20(27)16-8-7-13-24-14-16)30-21(28)25(2)22(12-6-5-11-19(22)26)17-9-3-4-10-18(17)23/h3-4,7-10,13-15H,5-6,11-12H2,1-2H3/t15?,22-/m0/s1. The van der Waals surface area contributed by atoms with Crippen LogP contribution in [0.25, 0.3) is 0 Å². The number of nitrogens with zero attached hydrogens (tertiary/aromatic N) is 2. The van der Waals surface area contributed by atoms with Gasteiger partial charge in [0.1, 0.15) is 5.54 Å². The lowest BCUT2D eigenvalue weighted by molar-refractivity contribution is -0.135. The third kappa shape index (κ3) is 4.31. The third-order valence-electron chi connectivity index (χ3n) is 5.26. The molecule has 1 aromatic carbocycles. The van der Waals surface area contributed by atoms with Crippen LogP contribution in [0.4, 0.5) is 4.79 Å². The van der Waals surface area contributed by atoms with E-state index in [1.54, 1.807) is 36.4 Å². The molecular weight excluding hydrogens is 408 g/mol. The fraction of sp³-hybridized carbons (Fsp3) is 0.364. The summed E-state index contributed by atoms with van der Waals surface area (Å²) in [6.07, 6.45) is 3.25. The number of carbonyl (C=O) groups is 3. The topological polar surface area (TPSA) is 85.8 Å². The Morgan fingerprint density at radius 2 is 1.93 bits per heavy atom. The van der Waals surface area contributed by atoms with Crippen LogP contribution in [-0.4, -0.2) is 41.1 Å². The molecule has 7 nitrogen and oxygen atoms in total. The zero-order valence-electron chi connectivity index (χ0n) is 16.8. The first-order valence-corrected chi connectivity index (χ1v) is 10.1. The molecular formula is C22H23ClN2O5. The van der Waals surface area contributed by atoms with E-state index in [4.69, 9.17) is 21.1 Å². The summed E-state index contributed by atoms with van der Waals surface area (Å²) >= 11 is 6.40. The molecule has 0 aliphatic heterocycles. The van der Waals surface area contributed by atoms with Crippen molar-refractivity contribution in [3.05, 3.63) is 64.9 Å². The maximum absolute atomic E-state index is 13.1. The first kappa shape index (κ1) is 21.8. The molecule has 0 bridgehead atoms. The average molecular weight is 431 g/mol. The summed E-state index contributed by atoms with van der Waals surface area (Å²) in [4.78, 5) is 43.2. The number of hydrogen-bond acceptors (Lipinski definition) is 6. The number of amides is 1. The van der Waals surface area contributed by atoms with Gasteiger partial charge < -0.3 is 9.47 Å². The molecule has 1 saturated carbocycles. The summed E-state index contributed by atoms with van der Waals surface area (Å²) in [5.41, 5.74) is -0.416. The molecule has 1 amide bonds. The minimum atomic E-state index is -1.22. The first-order chi connectivity index (χ1) is 14.4. The molecule has 1 heterocycles. The van der Waals surface area contributed by atoms with Crippen LogP contribution in [0.2, 0.25) is 5.02 Å². The van der Waals surface area contributed by atoms with Crippen LogP contribution in [0.15, 0.2) is 48.8 Å². The maximum atomic E-state index is 13.1. The molecule has 1 aliphatic carbocycles. The van der Waals surface area contributed by atoms with Gasteiger partial charge in [-0.25, -0.2) is 9.59 Å². The van der Waals surface area contributed by atoms with Crippen molar-refractivity contribution in [2.45, 2.75) is 44.4 Å². The number of carbonyl (C=O) groups excluding carboxylic acids is 3. The molecule has 1 unspecified atom stereocenters. The maximum Gasteiger partial charge on any atom is 0.413 e. The van der Waals surface area contributed by atoms with Crippen LogP contribution < -0.4 is 0 Å². The van der Waals surface area contributed by atoms with Gasteiger partial charge in [0.15, 0.2) is 5.78 Å². The number of hydrogen-bond donors (Lipinski definition) is 0. The van der Waals surface area contributed by atoms with Crippen LogP contribution in [0, 0.1) is 0 Å². The number of esters is 1. The molecule has 0 radical (unpaired) electrons. The average Bonchev–Trinajstić information content (AvgIpc) is 2.74. The number of rotatable bonds is 5. The number of ketones is 1. The summed E-state index contributed by atoms with van der Waals surface area (Å²) in [5.74, 6) is -0.762. The molecule has 0 saturated heterocycles. The Morgan fingerprint density at radius 3 is 2.60 bits per heavy atom. The lowest BCUT2D eigenvalue weighted by Crippen LogP contribution is -2.54. The largest absolute Gasteiger partial charge is 0.422 e. The van der Waals surface area contributed by atoms with E-state index in [1.807, 2.05) is 0 Å². The molecule has 30 heavy (non-hydrogen) atoms. The molecule has 0 N–H and O–H groups in total. The van der Waals surface area contributed by atoms with Crippen molar-refractivity contribution in [2.24, 2.45) is 0 Å². The number of Topliss-reactive ketones (excluding diaryl/α,β-unsaturated/α-hetero) is 1. The predicted octanol–water partition coefficient (Wildman–Crippen LogP) is 4.34. The fourth-order valence-corrected chi connectivity index (χ4v) is 4.02. The Hall–Kier alpha value is -2.93. The Morgan fingerprint density at radius 1 is 1.17 bits per heavy atom. The van der Waals surface area contributed by atoms with E-state index >= 15 is 0 Å². The zero-order chi connectivity index (χ0) is 21.7. The van der Waals surface area contributed by atoms with Gasteiger partial charge in [0, 0.05) is 43.4 Å². The molecule has 2 atom stereocenters. The summed E-state index contributed by atoms with van der Waals surface area (Å²) in [7, 11) is 1.50. The van der Waals surface area contributed by atoms with Crippen molar-refractivity contribution >= 4 is 29.4 Å². The van der Waals surface area contributed by atoms with Crippen molar-refractivity contribution in [2.75, 3.05) is 7.05 Å².